The Morgan fingerprint density at radius 3 is 2.37 bits per heavy atom. The SMILES string of the molecule is O=C(NC1(CO)CCCC1)c1ccc([N+](=O)[O-])cc1. The molecule has 0 unspecified atom stereocenters. The third kappa shape index (κ3) is 2.90. The van der Waals surface area contributed by atoms with Gasteiger partial charge in [-0.15, -0.1) is 0 Å². The van der Waals surface area contributed by atoms with Gasteiger partial charge in [-0.05, 0) is 25.0 Å². The highest BCUT2D eigenvalue weighted by Crippen LogP contribution is 2.29. The number of nitrogens with one attached hydrogen (secondary N) is 1. The van der Waals surface area contributed by atoms with E-state index < -0.39 is 10.5 Å². The number of benzene rings is 1. The van der Waals surface area contributed by atoms with Crippen molar-refractivity contribution in [1.82, 2.24) is 5.32 Å². The minimum absolute atomic E-state index is 0.0470. The summed E-state index contributed by atoms with van der Waals surface area (Å²) in [6, 6.07) is 5.45. The molecule has 0 aliphatic heterocycles. The van der Waals surface area contributed by atoms with Crippen LogP contribution in [0, 0.1) is 10.1 Å². The van der Waals surface area contributed by atoms with Gasteiger partial charge in [0.05, 0.1) is 17.1 Å². The number of nitro benzene ring substituents is 1. The van der Waals surface area contributed by atoms with Crippen molar-refractivity contribution in [3.63, 3.8) is 0 Å². The number of carbonyl (C=O) groups is 1. The lowest BCUT2D eigenvalue weighted by atomic mass is 9.98. The second-order valence-corrected chi connectivity index (χ2v) is 4.90. The minimum Gasteiger partial charge on any atom is -0.394 e. The van der Waals surface area contributed by atoms with Crippen molar-refractivity contribution in [3.05, 3.63) is 39.9 Å². The molecule has 0 bridgehead atoms. The maximum atomic E-state index is 12.1. The zero-order valence-electron chi connectivity index (χ0n) is 10.5. The molecule has 1 saturated carbocycles. The highest BCUT2D eigenvalue weighted by Gasteiger charge is 2.34. The zero-order valence-corrected chi connectivity index (χ0v) is 10.5. The van der Waals surface area contributed by atoms with Crippen LogP contribution >= 0.6 is 0 Å². The van der Waals surface area contributed by atoms with Gasteiger partial charge in [-0.1, -0.05) is 12.8 Å². The van der Waals surface area contributed by atoms with Gasteiger partial charge in [-0.25, -0.2) is 0 Å². The molecule has 0 spiro atoms. The van der Waals surface area contributed by atoms with Gasteiger partial charge in [0.15, 0.2) is 0 Å². The second kappa shape index (κ2) is 5.36. The first-order chi connectivity index (χ1) is 9.06. The summed E-state index contributed by atoms with van der Waals surface area (Å²) in [7, 11) is 0. The van der Waals surface area contributed by atoms with Gasteiger partial charge in [0.2, 0.25) is 0 Å². The van der Waals surface area contributed by atoms with Crippen LogP contribution in [0.1, 0.15) is 36.0 Å². The van der Waals surface area contributed by atoms with E-state index >= 15 is 0 Å². The Kier molecular flexibility index (Phi) is 3.80. The maximum absolute atomic E-state index is 12.1. The number of hydrogen-bond acceptors (Lipinski definition) is 4. The molecular formula is C13H16N2O4. The summed E-state index contributed by atoms with van der Waals surface area (Å²) < 4.78 is 0. The van der Waals surface area contributed by atoms with Crippen molar-refractivity contribution in [2.24, 2.45) is 0 Å². The molecule has 19 heavy (non-hydrogen) atoms. The van der Waals surface area contributed by atoms with Crippen LogP contribution in [-0.2, 0) is 0 Å². The minimum atomic E-state index is -0.529. The van der Waals surface area contributed by atoms with Gasteiger partial charge < -0.3 is 10.4 Å². The van der Waals surface area contributed by atoms with Crippen molar-refractivity contribution in [3.8, 4) is 0 Å². The topological polar surface area (TPSA) is 92.5 Å². The van der Waals surface area contributed by atoms with E-state index in [1.807, 2.05) is 0 Å². The Balaban J connectivity index is 2.09. The fraction of sp³-hybridized carbons (Fsp3) is 0.462. The van der Waals surface area contributed by atoms with Crippen molar-refractivity contribution >= 4 is 11.6 Å². The molecule has 2 rings (SSSR count). The lowest BCUT2D eigenvalue weighted by molar-refractivity contribution is -0.384. The normalized spacial score (nSPS) is 17.1. The van der Waals surface area contributed by atoms with Gasteiger partial charge in [-0.3, -0.25) is 14.9 Å². The smallest absolute Gasteiger partial charge is 0.269 e. The molecular weight excluding hydrogens is 248 g/mol. The first-order valence-electron chi connectivity index (χ1n) is 6.24. The van der Waals surface area contributed by atoms with E-state index in [1.54, 1.807) is 0 Å². The van der Waals surface area contributed by atoms with E-state index in [4.69, 9.17) is 0 Å². The van der Waals surface area contributed by atoms with Crippen LogP contribution in [0.3, 0.4) is 0 Å². The molecule has 0 heterocycles. The molecule has 1 fully saturated rings. The Labute approximate surface area is 110 Å². The van der Waals surface area contributed by atoms with Crippen molar-refractivity contribution in [1.29, 1.82) is 0 Å². The molecule has 1 aliphatic carbocycles. The average molecular weight is 264 g/mol. The largest absolute Gasteiger partial charge is 0.394 e. The molecule has 0 atom stereocenters. The van der Waals surface area contributed by atoms with Crippen molar-refractivity contribution in [2.75, 3.05) is 6.61 Å². The summed E-state index contributed by atoms with van der Waals surface area (Å²) in [5.41, 5.74) is -0.210. The molecule has 2 N–H and O–H groups in total. The molecule has 1 aromatic rings. The number of aliphatic hydroxyl groups is 1. The Hall–Kier alpha value is -1.95. The Bertz CT molecular complexity index is 478. The van der Waals surface area contributed by atoms with Crippen LogP contribution in [0.15, 0.2) is 24.3 Å². The highest BCUT2D eigenvalue weighted by molar-refractivity contribution is 5.94. The molecule has 0 aromatic heterocycles. The highest BCUT2D eigenvalue weighted by atomic mass is 16.6. The standard InChI is InChI=1S/C13H16N2O4/c16-9-13(7-1-2-8-13)14-12(17)10-3-5-11(6-4-10)15(18)19/h3-6,16H,1-2,7-9H2,(H,14,17). The van der Waals surface area contributed by atoms with E-state index in [0.717, 1.165) is 25.7 Å². The van der Waals surface area contributed by atoms with Crippen LogP contribution < -0.4 is 5.32 Å². The number of nitro groups is 1. The van der Waals surface area contributed by atoms with Gasteiger partial charge in [0, 0.05) is 17.7 Å². The van der Waals surface area contributed by atoms with Crippen LogP contribution in [0.4, 0.5) is 5.69 Å². The molecule has 0 radical (unpaired) electrons. The molecule has 6 nitrogen and oxygen atoms in total. The lowest BCUT2D eigenvalue weighted by Gasteiger charge is -2.27. The third-order valence-corrected chi connectivity index (χ3v) is 3.58. The first kappa shape index (κ1) is 13.5. The number of aliphatic hydroxyl groups excluding tert-OH is 1. The summed E-state index contributed by atoms with van der Waals surface area (Å²) in [5, 5.41) is 22.8. The summed E-state index contributed by atoms with van der Waals surface area (Å²) in [6.07, 6.45) is 3.51. The predicted molar refractivity (Wildman–Crippen MR) is 68.8 cm³/mol. The summed E-state index contributed by atoms with van der Waals surface area (Å²) in [4.78, 5) is 22.1. The molecule has 102 valence electrons. The number of amides is 1. The van der Waals surface area contributed by atoms with Gasteiger partial charge >= 0.3 is 0 Å². The summed E-state index contributed by atoms with van der Waals surface area (Å²) in [5.74, 6) is -0.300. The fourth-order valence-electron chi connectivity index (χ4n) is 2.42. The first-order valence-corrected chi connectivity index (χ1v) is 6.24. The van der Waals surface area contributed by atoms with Crippen LogP contribution in [0.25, 0.3) is 0 Å². The van der Waals surface area contributed by atoms with E-state index in [9.17, 15) is 20.0 Å². The fourth-order valence-corrected chi connectivity index (χ4v) is 2.42. The number of nitrogens with zero attached hydrogens (tertiary/aromatic N) is 1. The van der Waals surface area contributed by atoms with Crippen molar-refractivity contribution in [2.45, 2.75) is 31.2 Å². The maximum Gasteiger partial charge on any atom is 0.269 e. The summed E-state index contributed by atoms with van der Waals surface area (Å²) in [6.45, 7) is -0.0777. The van der Waals surface area contributed by atoms with E-state index in [0.29, 0.717) is 5.56 Å². The Morgan fingerprint density at radius 1 is 1.32 bits per heavy atom. The molecule has 6 heteroatoms. The van der Waals surface area contributed by atoms with Crippen LogP contribution in [-0.4, -0.2) is 28.1 Å². The third-order valence-electron chi connectivity index (χ3n) is 3.58. The molecule has 1 amide bonds. The molecule has 0 saturated heterocycles. The van der Waals surface area contributed by atoms with E-state index in [-0.39, 0.29) is 18.2 Å². The lowest BCUT2D eigenvalue weighted by Crippen LogP contribution is -2.49. The van der Waals surface area contributed by atoms with Gasteiger partial charge in [-0.2, -0.15) is 0 Å². The summed E-state index contributed by atoms with van der Waals surface area (Å²) >= 11 is 0. The molecule has 1 aromatic carbocycles. The average Bonchev–Trinajstić information content (AvgIpc) is 2.88. The Morgan fingerprint density at radius 2 is 1.89 bits per heavy atom. The monoisotopic (exact) mass is 264 g/mol. The van der Waals surface area contributed by atoms with Gasteiger partial charge in [0.25, 0.3) is 11.6 Å². The molecule has 1 aliphatic rings. The number of hydrogen-bond donors (Lipinski definition) is 2. The quantitative estimate of drug-likeness (QED) is 0.638. The number of carbonyl (C=O) groups excluding carboxylic acids is 1. The van der Waals surface area contributed by atoms with Crippen LogP contribution in [0.2, 0.25) is 0 Å². The second-order valence-electron chi connectivity index (χ2n) is 4.90. The van der Waals surface area contributed by atoms with Crippen LogP contribution in [0.5, 0.6) is 0 Å². The predicted octanol–water partition coefficient (Wildman–Crippen LogP) is 1.63. The number of rotatable bonds is 4. The van der Waals surface area contributed by atoms with Crippen molar-refractivity contribution < 1.29 is 14.8 Å². The zero-order chi connectivity index (χ0) is 13.9. The number of non-ortho nitro benzene ring substituents is 1. The van der Waals surface area contributed by atoms with Gasteiger partial charge in [0.1, 0.15) is 0 Å². The van der Waals surface area contributed by atoms with E-state index in [2.05, 4.69) is 5.32 Å². The van der Waals surface area contributed by atoms with E-state index in [1.165, 1.54) is 24.3 Å².